The van der Waals surface area contributed by atoms with E-state index in [2.05, 4.69) is 18.8 Å². The van der Waals surface area contributed by atoms with Crippen molar-refractivity contribution in [3.8, 4) is 0 Å². The second-order valence-corrected chi connectivity index (χ2v) is 6.07. The normalized spacial score (nSPS) is 22.4. The van der Waals surface area contributed by atoms with Gasteiger partial charge >= 0.3 is 0 Å². The summed E-state index contributed by atoms with van der Waals surface area (Å²) in [5, 5.41) is 10.8. The fourth-order valence-corrected chi connectivity index (χ4v) is 2.54. The Labute approximate surface area is 106 Å². The Bertz CT molecular complexity index is 423. The van der Waals surface area contributed by atoms with Crippen molar-refractivity contribution in [3.05, 3.63) is 28.8 Å². The van der Waals surface area contributed by atoms with Crippen molar-refractivity contribution in [1.82, 2.24) is 4.98 Å². The molecule has 2 nitrogen and oxygen atoms in total. The zero-order chi connectivity index (χ0) is 12.7. The van der Waals surface area contributed by atoms with Gasteiger partial charge in [0, 0.05) is 5.56 Å². The van der Waals surface area contributed by atoms with E-state index in [1.54, 1.807) is 0 Å². The zero-order valence-corrected chi connectivity index (χ0v) is 10.9. The fraction of sp³-hybridized carbons (Fsp3) is 0.615. The summed E-state index contributed by atoms with van der Waals surface area (Å²) in [6.45, 7) is 4.34. The van der Waals surface area contributed by atoms with Gasteiger partial charge in [-0.15, -0.1) is 0 Å². The van der Waals surface area contributed by atoms with Gasteiger partial charge in [-0.2, -0.15) is 0 Å². The van der Waals surface area contributed by atoms with E-state index in [4.69, 9.17) is 11.6 Å². The molecule has 1 N–H and O–H groups in total. The summed E-state index contributed by atoms with van der Waals surface area (Å²) in [7, 11) is 0. The molecule has 17 heavy (non-hydrogen) atoms. The van der Waals surface area contributed by atoms with Crippen LogP contribution in [0.2, 0.25) is 5.15 Å². The maximum Gasteiger partial charge on any atom is 0.147 e. The van der Waals surface area contributed by atoms with Crippen molar-refractivity contribution in [1.29, 1.82) is 0 Å². The van der Waals surface area contributed by atoms with Crippen LogP contribution in [-0.2, 0) is 5.60 Å². The number of pyridine rings is 1. The van der Waals surface area contributed by atoms with Crippen LogP contribution in [0.3, 0.4) is 0 Å². The molecule has 94 valence electrons. The van der Waals surface area contributed by atoms with Gasteiger partial charge < -0.3 is 5.11 Å². The van der Waals surface area contributed by atoms with Gasteiger partial charge in [-0.1, -0.05) is 25.4 Å². The van der Waals surface area contributed by atoms with E-state index in [1.807, 2.05) is 0 Å². The molecule has 1 saturated carbocycles. The van der Waals surface area contributed by atoms with E-state index < -0.39 is 11.4 Å². The van der Waals surface area contributed by atoms with Gasteiger partial charge in [-0.3, -0.25) is 0 Å². The SMILES string of the molecule is CC1(C)CCC(O)(c2cc(Cl)ncc2F)CC1. The Balaban J connectivity index is 2.30. The molecule has 1 aromatic rings. The van der Waals surface area contributed by atoms with Gasteiger partial charge in [0.2, 0.25) is 0 Å². The van der Waals surface area contributed by atoms with Crippen LogP contribution in [0.15, 0.2) is 12.3 Å². The molecule has 1 fully saturated rings. The number of hydrogen-bond donors (Lipinski definition) is 1. The molecule has 1 aromatic heterocycles. The number of nitrogens with zero attached hydrogens (tertiary/aromatic N) is 1. The smallest absolute Gasteiger partial charge is 0.147 e. The second kappa shape index (κ2) is 4.21. The topological polar surface area (TPSA) is 33.1 Å². The predicted octanol–water partition coefficient (Wildman–Crippen LogP) is 3.66. The number of hydrogen-bond acceptors (Lipinski definition) is 2. The first-order valence-electron chi connectivity index (χ1n) is 5.86. The van der Waals surface area contributed by atoms with Gasteiger partial charge in [0.1, 0.15) is 11.0 Å². The molecule has 0 aromatic carbocycles. The first-order chi connectivity index (χ1) is 7.82. The van der Waals surface area contributed by atoms with Crippen LogP contribution in [0.5, 0.6) is 0 Å². The Morgan fingerprint density at radius 2 is 1.88 bits per heavy atom. The van der Waals surface area contributed by atoms with Crippen LogP contribution in [0, 0.1) is 11.2 Å². The lowest BCUT2D eigenvalue weighted by Crippen LogP contribution is -2.35. The van der Waals surface area contributed by atoms with Crippen LogP contribution in [0.4, 0.5) is 4.39 Å². The lowest BCUT2D eigenvalue weighted by atomic mass is 9.69. The monoisotopic (exact) mass is 257 g/mol. The third-order valence-electron chi connectivity index (χ3n) is 3.75. The summed E-state index contributed by atoms with van der Waals surface area (Å²) in [6.07, 6.45) is 3.97. The van der Waals surface area contributed by atoms with Gasteiger partial charge in [-0.25, -0.2) is 9.37 Å². The first-order valence-corrected chi connectivity index (χ1v) is 6.24. The van der Waals surface area contributed by atoms with Gasteiger partial charge in [0.05, 0.1) is 11.8 Å². The molecule has 0 bridgehead atoms. The average Bonchev–Trinajstić information content (AvgIpc) is 2.26. The molecule has 0 atom stereocenters. The summed E-state index contributed by atoms with van der Waals surface area (Å²) in [6, 6.07) is 1.44. The highest BCUT2D eigenvalue weighted by Crippen LogP contribution is 2.45. The van der Waals surface area contributed by atoms with E-state index in [1.165, 1.54) is 6.07 Å². The van der Waals surface area contributed by atoms with Crippen molar-refractivity contribution in [3.63, 3.8) is 0 Å². The standard InChI is InChI=1S/C13H17ClFNO/c1-12(2)3-5-13(17,6-4-12)9-7-11(14)16-8-10(9)15/h7-8,17H,3-6H2,1-2H3. The van der Waals surface area contributed by atoms with E-state index in [9.17, 15) is 9.50 Å². The zero-order valence-electron chi connectivity index (χ0n) is 10.1. The molecule has 4 heteroatoms. The fourth-order valence-electron chi connectivity index (χ4n) is 2.38. The molecule has 0 amide bonds. The molecule has 2 rings (SSSR count). The number of aliphatic hydroxyl groups is 1. The third kappa shape index (κ3) is 2.61. The summed E-state index contributed by atoms with van der Waals surface area (Å²) in [5.41, 5.74) is -0.584. The summed E-state index contributed by atoms with van der Waals surface area (Å²) >= 11 is 5.77. The highest BCUT2D eigenvalue weighted by atomic mass is 35.5. The maximum absolute atomic E-state index is 13.7. The van der Waals surface area contributed by atoms with E-state index in [0.29, 0.717) is 12.8 Å². The minimum atomic E-state index is -1.09. The van der Waals surface area contributed by atoms with Crippen molar-refractivity contribution in [2.45, 2.75) is 45.1 Å². The van der Waals surface area contributed by atoms with Crippen LogP contribution >= 0.6 is 11.6 Å². The molecule has 0 aliphatic heterocycles. The molecule has 0 radical (unpaired) electrons. The number of halogens is 2. The lowest BCUT2D eigenvalue weighted by Gasteiger charge is -2.40. The Hall–Kier alpha value is -0.670. The minimum Gasteiger partial charge on any atom is -0.385 e. The van der Waals surface area contributed by atoms with Crippen molar-refractivity contribution in [2.24, 2.45) is 5.41 Å². The Morgan fingerprint density at radius 3 is 2.47 bits per heavy atom. The lowest BCUT2D eigenvalue weighted by molar-refractivity contribution is -0.0332. The third-order valence-corrected chi connectivity index (χ3v) is 3.96. The van der Waals surface area contributed by atoms with Crippen LogP contribution in [0.25, 0.3) is 0 Å². The molecular formula is C13H17ClFNO. The van der Waals surface area contributed by atoms with Gasteiger partial charge in [0.25, 0.3) is 0 Å². The predicted molar refractivity (Wildman–Crippen MR) is 65.4 cm³/mol. The van der Waals surface area contributed by atoms with E-state index in [0.717, 1.165) is 19.0 Å². The molecule has 0 spiro atoms. The van der Waals surface area contributed by atoms with Crippen molar-refractivity contribution in [2.75, 3.05) is 0 Å². The van der Waals surface area contributed by atoms with Crippen LogP contribution in [0.1, 0.15) is 45.1 Å². The molecule has 0 saturated heterocycles. The molecule has 1 aliphatic rings. The molecule has 0 unspecified atom stereocenters. The quantitative estimate of drug-likeness (QED) is 0.779. The van der Waals surface area contributed by atoms with Crippen LogP contribution in [-0.4, -0.2) is 10.1 Å². The largest absolute Gasteiger partial charge is 0.385 e. The number of aromatic nitrogens is 1. The van der Waals surface area contributed by atoms with E-state index >= 15 is 0 Å². The van der Waals surface area contributed by atoms with Crippen molar-refractivity contribution >= 4 is 11.6 Å². The highest BCUT2D eigenvalue weighted by Gasteiger charge is 2.39. The van der Waals surface area contributed by atoms with Gasteiger partial charge in [0.15, 0.2) is 0 Å². The van der Waals surface area contributed by atoms with Gasteiger partial charge in [-0.05, 0) is 37.2 Å². The van der Waals surface area contributed by atoms with Crippen LogP contribution < -0.4 is 0 Å². The summed E-state index contributed by atoms with van der Waals surface area (Å²) in [4.78, 5) is 3.67. The first kappa shape index (κ1) is 12.8. The van der Waals surface area contributed by atoms with Crippen molar-refractivity contribution < 1.29 is 9.50 Å². The maximum atomic E-state index is 13.7. The number of rotatable bonds is 1. The summed E-state index contributed by atoms with van der Waals surface area (Å²) < 4.78 is 13.7. The highest BCUT2D eigenvalue weighted by molar-refractivity contribution is 6.29. The Kier molecular flexibility index (Phi) is 3.17. The minimum absolute atomic E-state index is 0.222. The van der Waals surface area contributed by atoms with E-state index in [-0.39, 0.29) is 16.1 Å². The molecular weight excluding hydrogens is 241 g/mol. The molecule has 1 aliphatic carbocycles. The summed E-state index contributed by atoms with van der Waals surface area (Å²) in [5.74, 6) is -0.475. The molecule has 1 heterocycles. The second-order valence-electron chi connectivity index (χ2n) is 5.68. The Morgan fingerprint density at radius 1 is 1.29 bits per heavy atom. The average molecular weight is 258 g/mol.